The molecular formula is C8H9N3O4. The number of aromatic nitrogens is 2. The van der Waals surface area contributed by atoms with E-state index >= 15 is 0 Å². The summed E-state index contributed by atoms with van der Waals surface area (Å²) in [7, 11) is 1.29. The van der Waals surface area contributed by atoms with Crippen LogP contribution in [0.1, 0.15) is 12.8 Å². The van der Waals surface area contributed by atoms with Crippen LogP contribution in [0, 0.1) is 10.1 Å². The van der Waals surface area contributed by atoms with Crippen molar-refractivity contribution in [2.24, 2.45) is 0 Å². The van der Waals surface area contributed by atoms with Gasteiger partial charge in [-0.25, -0.2) is 4.79 Å². The minimum atomic E-state index is -0.803. The van der Waals surface area contributed by atoms with Crippen LogP contribution in [0.15, 0.2) is 12.3 Å². The molecule has 15 heavy (non-hydrogen) atoms. The second kappa shape index (κ2) is 3.04. The molecule has 80 valence electrons. The molecule has 1 heterocycles. The van der Waals surface area contributed by atoms with Crippen LogP contribution >= 0.6 is 0 Å². The average molecular weight is 211 g/mol. The summed E-state index contributed by atoms with van der Waals surface area (Å²) < 4.78 is 5.95. The Labute approximate surface area is 84.8 Å². The van der Waals surface area contributed by atoms with Crippen LogP contribution in [0.4, 0.5) is 5.82 Å². The molecule has 0 spiro atoms. The first-order valence-electron chi connectivity index (χ1n) is 4.39. The highest BCUT2D eigenvalue weighted by atomic mass is 16.6. The number of carbonyl (C=O) groups excluding carboxylic acids is 1. The van der Waals surface area contributed by atoms with Gasteiger partial charge >= 0.3 is 11.8 Å². The maximum atomic E-state index is 11.4. The highest BCUT2D eigenvalue weighted by molar-refractivity contribution is 5.81. The first kappa shape index (κ1) is 9.63. The predicted molar refractivity (Wildman–Crippen MR) is 48.1 cm³/mol. The van der Waals surface area contributed by atoms with Crippen molar-refractivity contribution in [3.63, 3.8) is 0 Å². The molecule has 1 aliphatic rings. The lowest BCUT2D eigenvalue weighted by Crippen LogP contribution is -2.29. The van der Waals surface area contributed by atoms with Gasteiger partial charge in [-0.05, 0) is 17.8 Å². The molecule has 0 unspecified atom stereocenters. The fourth-order valence-corrected chi connectivity index (χ4v) is 1.49. The molecule has 1 aromatic rings. The standard InChI is InChI=1S/C8H9N3O4/c1-15-7(12)8(3-4-8)10-5-2-6(9-10)11(13)14/h2,5H,3-4H2,1H3. The summed E-state index contributed by atoms with van der Waals surface area (Å²) in [5.74, 6) is -0.661. The van der Waals surface area contributed by atoms with Crippen molar-refractivity contribution in [1.29, 1.82) is 0 Å². The molecule has 0 aliphatic heterocycles. The number of carbonyl (C=O) groups is 1. The van der Waals surface area contributed by atoms with Crippen LogP contribution in [0.5, 0.6) is 0 Å². The Morgan fingerprint density at radius 3 is 2.80 bits per heavy atom. The highest BCUT2D eigenvalue weighted by Crippen LogP contribution is 2.44. The summed E-state index contributed by atoms with van der Waals surface area (Å²) in [6.45, 7) is 0. The lowest BCUT2D eigenvalue weighted by atomic mass is 10.3. The summed E-state index contributed by atoms with van der Waals surface area (Å²) in [4.78, 5) is 21.2. The van der Waals surface area contributed by atoms with Crippen molar-refractivity contribution in [3.8, 4) is 0 Å². The number of hydrogen-bond acceptors (Lipinski definition) is 5. The van der Waals surface area contributed by atoms with Crippen molar-refractivity contribution in [2.75, 3.05) is 7.11 Å². The monoisotopic (exact) mass is 211 g/mol. The second-order valence-corrected chi connectivity index (χ2v) is 3.40. The molecule has 0 radical (unpaired) electrons. The van der Waals surface area contributed by atoms with E-state index in [1.165, 1.54) is 24.1 Å². The zero-order chi connectivity index (χ0) is 11.1. The number of hydrogen-bond donors (Lipinski definition) is 0. The largest absolute Gasteiger partial charge is 0.467 e. The topological polar surface area (TPSA) is 87.3 Å². The van der Waals surface area contributed by atoms with Gasteiger partial charge in [-0.1, -0.05) is 0 Å². The smallest absolute Gasteiger partial charge is 0.389 e. The molecule has 0 N–H and O–H groups in total. The lowest BCUT2D eigenvalue weighted by molar-refractivity contribution is -0.389. The lowest BCUT2D eigenvalue weighted by Gasteiger charge is -2.08. The maximum absolute atomic E-state index is 11.4. The molecule has 1 aliphatic carbocycles. The van der Waals surface area contributed by atoms with E-state index in [4.69, 9.17) is 0 Å². The predicted octanol–water partition coefficient (Wildman–Crippen LogP) is 0.453. The number of ether oxygens (including phenoxy) is 1. The first-order valence-corrected chi connectivity index (χ1v) is 4.39. The number of nitro groups is 1. The summed E-state index contributed by atoms with van der Waals surface area (Å²) in [5.41, 5.74) is -0.803. The van der Waals surface area contributed by atoms with E-state index < -0.39 is 16.4 Å². The number of nitrogens with zero attached hydrogens (tertiary/aromatic N) is 3. The van der Waals surface area contributed by atoms with Crippen molar-refractivity contribution in [3.05, 3.63) is 22.4 Å². The van der Waals surface area contributed by atoms with E-state index in [0.29, 0.717) is 12.8 Å². The van der Waals surface area contributed by atoms with E-state index in [1.54, 1.807) is 0 Å². The van der Waals surface area contributed by atoms with Crippen LogP contribution in [0.25, 0.3) is 0 Å². The van der Waals surface area contributed by atoms with Crippen molar-refractivity contribution in [2.45, 2.75) is 18.4 Å². The normalized spacial score (nSPS) is 17.1. The maximum Gasteiger partial charge on any atom is 0.389 e. The van der Waals surface area contributed by atoms with E-state index in [9.17, 15) is 14.9 Å². The molecule has 0 atom stereocenters. The third-order valence-electron chi connectivity index (χ3n) is 2.49. The van der Waals surface area contributed by atoms with Gasteiger partial charge in [0, 0.05) is 0 Å². The molecule has 1 saturated carbocycles. The van der Waals surface area contributed by atoms with Gasteiger partial charge in [-0.2, -0.15) is 4.68 Å². The Kier molecular flexibility index (Phi) is 1.95. The molecule has 0 aromatic carbocycles. The van der Waals surface area contributed by atoms with Crippen LogP contribution in [0.3, 0.4) is 0 Å². The number of rotatable bonds is 3. The second-order valence-electron chi connectivity index (χ2n) is 3.40. The molecule has 0 bridgehead atoms. The quantitative estimate of drug-likeness (QED) is 0.411. The fraction of sp³-hybridized carbons (Fsp3) is 0.500. The molecule has 7 heteroatoms. The Morgan fingerprint density at radius 1 is 1.73 bits per heavy atom. The number of esters is 1. The Balaban J connectivity index is 2.30. The van der Waals surface area contributed by atoms with Crippen LogP contribution in [0.2, 0.25) is 0 Å². The van der Waals surface area contributed by atoms with Crippen LogP contribution < -0.4 is 0 Å². The fourth-order valence-electron chi connectivity index (χ4n) is 1.49. The Morgan fingerprint density at radius 2 is 2.40 bits per heavy atom. The van der Waals surface area contributed by atoms with Gasteiger partial charge in [0.25, 0.3) is 0 Å². The van der Waals surface area contributed by atoms with Gasteiger partial charge in [0.2, 0.25) is 0 Å². The van der Waals surface area contributed by atoms with E-state index in [0.717, 1.165) is 0 Å². The third kappa shape index (κ3) is 1.36. The van der Waals surface area contributed by atoms with Crippen molar-refractivity contribution in [1.82, 2.24) is 9.78 Å². The molecule has 1 fully saturated rings. The third-order valence-corrected chi connectivity index (χ3v) is 2.49. The summed E-state index contributed by atoms with van der Waals surface area (Å²) in [6, 6.07) is 1.27. The van der Waals surface area contributed by atoms with Crippen molar-refractivity contribution >= 4 is 11.8 Å². The van der Waals surface area contributed by atoms with Gasteiger partial charge < -0.3 is 14.9 Å². The summed E-state index contributed by atoms with van der Waals surface area (Å²) in [6.07, 6.45) is 2.65. The minimum absolute atomic E-state index is 0.259. The van der Waals surface area contributed by atoms with Gasteiger partial charge in [-0.15, -0.1) is 0 Å². The molecule has 0 amide bonds. The molecule has 1 aromatic heterocycles. The summed E-state index contributed by atoms with van der Waals surface area (Å²) >= 11 is 0. The Bertz CT molecular complexity index is 421. The van der Waals surface area contributed by atoms with E-state index in [-0.39, 0.29) is 5.82 Å². The van der Waals surface area contributed by atoms with Gasteiger partial charge in [0.05, 0.1) is 24.5 Å². The van der Waals surface area contributed by atoms with E-state index in [1.807, 2.05) is 0 Å². The Hall–Kier alpha value is -1.92. The van der Waals surface area contributed by atoms with Gasteiger partial charge in [0.15, 0.2) is 5.54 Å². The van der Waals surface area contributed by atoms with Gasteiger partial charge in [-0.3, -0.25) is 0 Å². The zero-order valence-corrected chi connectivity index (χ0v) is 8.04. The van der Waals surface area contributed by atoms with E-state index in [2.05, 4.69) is 9.84 Å². The molecule has 2 rings (SSSR count). The van der Waals surface area contributed by atoms with Crippen LogP contribution in [-0.4, -0.2) is 27.8 Å². The minimum Gasteiger partial charge on any atom is -0.467 e. The SMILES string of the molecule is COC(=O)C1(n2ccc([N+](=O)[O-])n2)CC1. The number of methoxy groups -OCH3 is 1. The summed E-state index contributed by atoms with van der Waals surface area (Å²) in [5, 5.41) is 14.1. The average Bonchev–Trinajstić information content (AvgIpc) is 2.87. The molecule has 7 nitrogen and oxygen atoms in total. The van der Waals surface area contributed by atoms with Gasteiger partial charge in [0.1, 0.15) is 0 Å². The highest BCUT2D eigenvalue weighted by Gasteiger charge is 2.56. The van der Waals surface area contributed by atoms with Crippen LogP contribution in [-0.2, 0) is 15.1 Å². The molecular weight excluding hydrogens is 202 g/mol. The first-order chi connectivity index (χ1) is 7.10. The van der Waals surface area contributed by atoms with Crippen molar-refractivity contribution < 1.29 is 14.5 Å². The molecule has 0 saturated heterocycles. The zero-order valence-electron chi connectivity index (χ0n) is 8.04.